The average Bonchev–Trinajstić information content (AvgIpc) is 2.85. The third-order valence-corrected chi connectivity index (χ3v) is 3.84. The highest BCUT2D eigenvalue weighted by Gasteiger charge is 2.46. The third kappa shape index (κ3) is 2.71. The second-order valence-corrected chi connectivity index (χ2v) is 5.41. The molecule has 1 aliphatic carbocycles. The molecule has 1 saturated carbocycles. The molecule has 1 fully saturated rings. The summed E-state index contributed by atoms with van der Waals surface area (Å²) in [6, 6.07) is 0.283. The molecule has 2 atom stereocenters. The van der Waals surface area contributed by atoms with E-state index >= 15 is 0 Å². The van der Waals surface area contributed by atoms with E-state index in [1.165, 1.54) is 12.8 Å². The van der Waals surface area contributed by atoms with Gasteiger partial charge in [-0.05, 0) is 38.5 Å². The van der Waals surface area contributed by atoms with Crippen LogP contribution in [0.4, 0.5) is 0 Å². The van der Waals surface area contributed by atoms with Crippen molar-refractivity contribution in [3.05, 3.63) is 0 Å². The molecular weight excluding hydrogens is 190 g/mol. The molecule has 0 aromatic heterocycles. The number of hydrogen-bond donors (Lipinski definition) is 2. The number of nitrogens with one attached hydrogen (secondary N) is 1. The van der Waals surface area contributed by atoms with E-state index in [4.69, 9.17) is 0 Å². The van der Waals surface area contributed by atoms with Crippen molar-refractivity contribution in [1.29, 1.82) is 0 Å². The summed E-state index contributed by atoms with van der Waals surface area (Å²) >= 11 is 0. The first-order chi connectivity index (χ1) is 6.84. The summed E-state index contributed by atoms with van der Waals surface area (Å²) in [4.78, 5) is 11.2. The predicted molar refractivity (Wildman–Crippen MR) is 60.9 cm³/mol. The molecule has 0 spiro atoms. The molecule has 3 nitrogen and oxygen atoms in total. The van der Waals surface area contributed by atoms with Gasteiger partial charge in [-0.15, -0.1) is 0 Å². The van der Waals surface area contributed by atoms with Gasteiger partial charge in [0.1, 0.15) is 5.54 Å². The summed E-state index contributed by atoms with van der Waals surface area (Å²) in [5.74, 6) is -0.736. The fraction of sp³-hybridized carbons (Fsp3) is 0.917. The van der Waals surface area contributed by atoms with Gasteiger partial charge in [0.25, 0.3) is 0 Å². The van der Waals surface area contributed by atoms with Crippen molar-refractivity contribution in [3.63, 3.8) is 0 Å². The van der Waals surface area contributed by atoms with Crippen molar-refractivity contribution >= 4 is 5.97 Å². The Balaban J connectivity index is 2.62. The van der Waals surface area contributed by atoms with Gasteiger partial charge in [-0.1, -0.05) is 20.3 Å². The molecular formula is C12H23NO2. The summed E-state index contributed by atoms with van der Waals surface area (Å²) in [6.45, 7) is 8.14. The molecule has 0 saturated heterocycles. The topological polar surface area (TPSA) is 49.3 Å². The van der Waals surface area contributed by atoms with E-state index in [0.717, 1.165) is 6.42 Å². The Bertz CT molecular complexity index is 248. The van der Waals surface area contributed by atoms with E-state index in [-0.39, 0.29) is 6.04 Å². The molecule has 1 aliphatic rings. The molecule has 0 bridgehead atoms. The van der Waals surface area contributed by atoms with Crippen molar-refractivity contribution < 1.29 is 9.90 Å². The quantitative estimate of drug-likeness (QED) is 0.712. The molecule has 2 N–H and O–H groups in total. The first kappa shape index (κ1) is 12.5. The van der Waals surface area contributed by atoms with E-state index in [0.29, 0.717) is 11.8 Å². The number of carboxylic acids is 1. The minimum Gasteiger partial charge on any atom is -0.480 e. The molecule has 0 aliphatic heterocycles. The van der Waals surface area contributed by atoms with Crippen LogP contribution in [0.5, 0.6) is 0 Å². The maximum Gasteiger partial charge on any atom is 0.323 e. The molecule has 0 aromatic carbocycles. The SMILES string of the molecule is CCCC(C)(NC(C)C1(C)CC1)C(=O)O. The van der Waals surface area contributed by atoms with Gasteiger partial charge in [0.15, 0.2) is 0 Å². The van der Waals surface area contributed by atoms with Crippen LogP contribution >= 0.6 is 0 Å². The molecule has 15 heavy (non-hydrogen) atoms. The van der Waals surface area contributed by atoms with Crippen LogP contribution in [-0.4, -0.2) is 22.7 Å². The van der Waals surface area contributed by atoms with Crippen molar-refractivity contribution in [3.8, 4) is 0 Å². The Morgan fingerprint density at radius 2 is 2.13 bits per heavy atom. The summed E-state index contributed by atoms with van der Waals surface area (Å²) in [6.07, 6.45) is 3.99. The molecule has 0 heterocycles. The van der Waals surface area contributed by atoms with E-state index < -0.39 is 11.5 Å². The fourth-order valence-electron chi connectivity index (χ4n) is 2.02. The molecule has 0 radical (unpaired) electrons. The highest BCUT2D eigenvalue weighted by Crippen LogP contribution is 2.48. The van der Waals surface area contributed by atoms with Gasteiger partial charge in [0.05, 0.1) is 0 Å². The largest absolute Gasteiger partial charge is 0.480 e. The van der Waals surface area contributed by atoms with Crippen molar-refractivity contribution in [2.75, 3.05) is 0 Å². The second kappa shape index (κ2) is 4.12. The lowest BCUT2D eigenvalue weighted by molar-refractivity contribution is -0.145. The summed E-state index contributed by atoms with van der Waals surface area (Å²) in [7, 11) is 0. The fourth-order valence-corrected chi connectivity index (χ4v) is 2.02. The lowest BCUT2D eigenvalue weighted by Crippen LogP contribution is -2.55. The highest BCUT2D eigenvalue weighted by atomic mass is 16.4. The predicted octanol–water partition coefficient (Wildman–Crippen LogP) is 2.41. The summed E-state index contributed by atoms with van der Waals surface area (Å²) in [5, 5.41) is 12.5. The number of carbonyl (C=O) groups is 1. The zero-order chi connectivity index (χ0) is 11.7. The normalized spacial score (nSPS) is 24.3. The number of carboxylic acid groups (broad SMARTS) is 1. The van der Waals surface area contributed by atoms with Crippen LogP contribution in [0.3, 0.4) is 0 Å². The van der Waals surface area contributed by atoms with Crippen LogP contribution in [0.15, 0.2) is 0 Å². The molecule has 0 amide bonds. The zero-order valence-electron chi connectivity index (χ0n) is 10.3. The minimum atomic E-state index is -0.764. The second-order valence-electron chi connectivity index (χ2n) is 5.41. The Labute approximate surface area is 92.3 Å². The van der Waals surface area contributed by atoms with Crippen LogP contribution in [0.2, 0.25) is 0 Å². The van der Waals surface area contributed by atoms with E-state index in [9.17, 15) is 9.90 Å². The average molecular weight is 213 g/mol. The Kier molecular flexibility index (Phi) is 3.44. The highest BCUT2D eigenvalue weighted by molar-refractivity contribution is 5.78. The molecule has 1 rings (SSSR count). The lowest BCUT2D eigenvalue weighted by atomic mass is 9.91. The monoisotopic (exact) mass is 213 g/mol. The van der Waals surface area contributed by atoms with Gasteiger partial charge in [-0.3, -0.25) is 10.1 Å². The maximum atomic E-state index is 11.2. The first-order valence-corrected chi connectivity index (χ1v) is 5.85. The van der Waals surface area contributed by atoms with Gasteiger partial charge in [0, 0.05) is 6.04 Å². The van der Waals surface area contributed by atoms with Gasteiger partial charge >= 0.3 is 5.97 Å². The van der Waals surface area contributed by atoms with Gasteiger partial charge in [-0.25, -0.2) is 0 Å². The Morgan fingerprint density at radius 3 is 2.47 bits per heavy atom. The van der Waals surface area contributed by atoms with Gasteiger partial charge in [0.2, 0.25) is 0 Å². The van der Waals surface area contributed by atoms with Crippen LogP contribution in [-0.2, 0) is 4.79 Å². The minimum absolute atomic E-state index is 0.283. The molecule has 88 valence electrons. The smallest absolute Gasteiger partial charge is 0.323 e. The summed E-state index contributed by atoms with van der Waals surface area (Å²) in [5.41, 5.74) is -0.440. The third-order valence-electron chi connectivity index (χ3n) is 3.84. The standard InChI is InChI=1S/C12H23NO2/c1-5-6-12(4,10(14)15)13-9(2)11(3)7-8-11/h9,13H,5-8H2,1-4H3,(H,14,15). The van der Waals surface area contributed by atoms with Crippen LogP contribution in [0.25, 0.3) is 0 Å². The summed E-state index contributed by atoms with van der Waals surface area (Å²) < 4.78 is 0. The van der Waals surface area contributed by atoms with Gasteiger partial charge < -0.3 is 5.11 Å². The molecule has 2 unspecified atom stereocenters. The Morgan fingerprint density at radius 1 is 1.60 bits per heavy atom. The van der Waals surface area contributed by atoms with E-state index in [1.807, 2.05) is 6.92 Å². The molecule has 3 heteroatoms. The van der Waals surface area contributed by atoms with Crippen molar-refractivity contribution in [2.24, 2.45) is 5.41 Å². The van der Waals surface area contributed by atoms with Crippen molar-refractivity contribution in [2.45, 2.75) is 65.0 Å². The van der Waals surface area contributed by atoms with Gasteiger partial charge in [-0.2, -0.15) is 0 Å². The number of rotatable bonds is 6. The lowest BCUT2D eigenvalue weighted by Gasteiger charge is -2.32. The first-order valence-electron chi connectivity index (χ1n) is 5.85. The van der Waals surface area contributed by atoms with Crippen LogP contribution in [0.1, 0.15) is 53.4 Å². The van der Waals surface area contributed by atoms with Crippen LogP contribution < -0.4 is 5.32 Å². The Hall–Kier alpha value is -0.570. The van der Waals surface area contributed by atoms with Crippen molar-refractivity contribution in [1.82, 2.24) is 5.32 Å². The molecule has 0 aromatic rings. The number of hydrogen-bond acceptors (Lipinski definition) is 2. The van der Waals surface area contributed by atoms with E-state index in [2.05, 4.69) is 19.2 Å². The number of aliphatic carboxylic acids is 1. The zero-order valence-corrected chi connectivity index (χ0v) is 10.3. The van der Waals surface area contributed by atoms with E-state index in [1.54, 1.807) is 6.92 Å². The van der Waals surface area contributed by atoms with Crippen LogP contribution in [0, 0.1) is 5.41 Å². The maximum absolute atomic E-state index is 11.2.